The van der Waals surface area contributed by atoms with E-state index in [-0.39, 0.29) is 54.0 Å². The van der Waals surface area contributed by atoms with Crippen molar-refractivity contribution >= 4 is 11.9 Å². The number of rotatable bonds is 11. The van der Waals surface area contributed by atoms with Gasteiger partial charge in [0.15, 0.2) is 25.2 Å². The third-order valence-electron chi connectivity index (χ3n) is 18.3. The Bertz CT molecular complexity index is 1810. The van der Waals surface area contributed by atoms with E-state index < -0.39 is 123 Å². The summed E-state index contributed by atoms with van der Waals surface area (Å²) in [6.45, 7) is 10.8. The van der Waals surface area contributed by atoms with Gasteiger partial charge >= 0.3 is 11.9 Å². The van der Waals surface area contributed by atoms with Crippen molar-refractivity contribution in [2.75, 3.05) is 13.2 Å². The Morgan fingerprint density at radius 3 is 1.94 bits per heavy atom. The number of aliphatic hydroxyl groups excluding tert-OH is 6. The van der Waals surface area contributed by atoms with Gasteiger partial charge in [0.1, 0.15) is 55.4 Å². The second kappa shape index (κ2) is 19.8. The van der Waals surface area contributed by atoms with Crippen molar-refractivity contribution in [3.63, 3.8) is 0 Å². The van der Waals surface area contributed by atoms with Crippen LogP contribution in [0.2, 0.25) is 0 Å². The number of carbonyl (C=O) groups excluding carboxylic acids is 2. The molecule has 0 unspecified atom stereocenters. The van der Waals surface area contributed by atoms with Crippen LogP contribution in [0.4, 0.5) is 0 Å². The molecule has 19 heteroatoms. The molecule has 5 heterocycles. The molecule has 7 N–H and O–H groups in total. The molecule has 68 heavy (non-hydrogen) atoms. The highest BCUT2D eigenvalue weighted by atomic mass is 16.8. The maximum Gasteiger partial charge on any atom is 0.331 e. The molecular formula is C49H76O19. The molecule has 0 aromatic heterocycles. The predicted molar refractivity (Wildman–Crippen MR) is 233 cm³/mol. The fourth-order valence-electron chi connectivity index (χ4n) is 14.6. The minimum atomic E-state index is -1.68. The number of esters is 2. The van der Waals surface area contributed by atoms with E-state index >= 15 is 0 Å². The summed E-state index contributed by atoms with van der Waals surface area (Å²) in [5.41, 5.74) is 0.0925. The number of aliphatic hydroxyl groups is 7. The van der Waals surface area contributed by atoms with Crippen LogP contribution in [0.25, 0.3) is 0 Å². The second-order valence-electron chi connectivity index (χ2n) is 22.1. The van der Waals surface area contributed by atoms with Gasteiger partial charge in [0, 0.05) is 37.7 Å². The summed E-state index contributed by atoms with van der Waals surface area (Å²) in [7, 11) is 0. The molecule has 0 bridgehead atoms. The van der Waals surface area contributed by atoms with Crippen LogP contribution in [0, 0.1) is 34.5 Å². The van der Waals surface area contributed by atoms with Gasteiger partial charge in [-0.1, -0.05) is 13.8 Å². The fraction of sp³-hybridized carbons (Fsp3) is 0.918. The number of cyclic esters (lactones) is 1. The molecule has 386 valence electrons. The van der Waals surface area contributed by atoms with Crippen molar-refractivity contribution in [1.82, 2.24) is 0 Å². The van der Waals surface area contributed by atoms with Crippen molar-refractivity contribution in [2.45, 2.75) is 235 Å². The van der Waals surface area contributed by atoms with E-state index in [2.05, 4.69) is 13.8 Å². The van der Waals surface area contributed by atoms with Gasteiger partial charge in [-0.15, -0.1) is 0 Å². The summed E-state index contributed by atoms with van der Waals surface area (Å²) in [6.07, 6.45) is -7.65. The zero-order valence-corrected chi connectivity index (χ0v) is 40.2. The van der Waals surface area contributed by atoms with Gasteiger partial charge in [0.2, 0.25) is 0 Å². The lowest BCUT2D eigenvalue weighted by Crippen LogP contribution is -2.62. The van der Waals surface area contributed by atoms with E-state index in [4.69, 9.17) is 47.4 Å². The lowest BCUT2D eigenvalue weighted by molar-refractivity contribution is -0.355. The van der Waals surface area contributed by atoms with Crippen molar-refractivity contribution in [3.8, 4) is 0 Å². The van der Waals surface area contributed by atoms with Gasteiger partial charge in [-0.05, 0) is 113 Å². The molecule has 0 aromatic carbocycles. The van der Waals surface area contributed by atoms with E-state index in [1.54, 1.807) is 19.9 Å². The molecule has 4 aliphatic carbocycles. The molecule has 8 fully saturated rings. The summed E-state index contributed by atoms with van der Waals surface area (Å²) in [5.74, 6) is 0.357. The Morgan fingerprint density at radius 1 is 0.706 bits per heavy atom. The standard InChI is InChI=1S/C49H76O19/c1-22-43(66-38-18-33(53)44(23(2)61-38)67-39-19-34(63-25(4)51)45(24(3)62-39)68-46-42(57)41(56)40(55)35(20-50)65-46)32(52)17-37(60-22)64-28-9-12-47(5)27(16-28)7-8-31-30(47)10-13-48(6)29(11-14-49(31,48)58)26-15-36(54)59-21-26/h15,22-24,27-35,37-46,50,52-53,55-58H,7-14,16-21H2,1-6H3/t22-,23-,24-,27+,28+,29-,30-,31+,32+,33+,34+,35+,37+,38+,39+,40+,41-,42+,43+,44+,45-,46-,47+,48-,49+/m1/s1. The third kappa shape index (κ3) is 9.36. The zero-order chi connectivity index (χ0) is 48.6. The lowest BCUT2D eigenvalue weighted by atomic mass is 9.43. The summed E-state index contributed by atoms with van der Waals surface area (Å²) < 4.78 is 60.2. The van der Waals surface area contributed by atoms with Crippen LogP contribution >= 0.6 is 0 Å². The monoisotopic (exact) mass is 968 g/mol. The molecule has 9 aliphatic rings. The number of fused-ring (bicyclic) bond motifs is 5. The molecule has 0 amide bonds. The van der Waals surface area contributed by atoms with Gasteiger partial charge < -0.3 is 83.1 Å². The van der Waals surface area contributed by atoms with E-state index in [1.165, 1.54) is 6.92 Å². The Labute approximate surface area is 398 Å². The highest BCUT2D eigenvalue weighted by Crippen LogP contribution is 2.70. The van der Waals surface area contributed by atoms with Crippen LogP contribution in [-0.2, 0) is 57.0 Å². The summed E-state index contributed by atoms with van der Waals surface area (Å²) in [4.78, 5) is 24.2. The Balaban J connectivity index is 0.746. The Hall–Kier alpha value is -1.92. The molecule has 4 saturated heterocycles. The fourth-order valence-corrected chi connectivity index (χ4v) is 14.6. The van der Waals surface area contributed by atoms with E-state index in [1.807, 2.05) is 6.92 Å². The van der Waals surface area contributed by atoms with E-state index in [0.717, 1.165) is 63.4 Å². The van der Waals surface area contributed by atoms with Crippen molar-refractivity contribution in [1.29, 1.82) is 0 Å². The van der Waals surface area contributed by atoms with Crippen LogP contribution in [0.15, 0.2) is 11.6 Å². The van der Waals surface area contributed by atoms with E-state index in [9.17, 15) is 45.3 Å². The summed E-state index contributed by atoms with van der Waals surface area (Å²) >= 11 is 0. The molecule has 0 radical (unpaired) electrons. The number of hydrogen-bond acceptors (Lipinski definition) is 19. The topological polar surface area (TPSA) is 268 Å². The normalized spacial score (nSPS) is 52.8. The van der Waals surface area contributed by atoms with Gasteiger partial charge in [-0.25, -0.2) is 4.79 Å². The van der Waals surface area contributed by atoms with Crippen LogP contribution in [0.3, 0.4) is 0 Å². The molecule has 9 rings (SSSR count). The van der Waals surface area contributed by atoms with Gasteiger partial charge in [0.25, 0.3) is 0 Å². The van der Waals surface area contributed by atoms with Crippen molar-refractivity contribution in [2.24, 2.45) is 34.5 Å². The van der Waals surface area contributed by atoms with Crippen molar-refractivity contribution in [3.05, 3.63) is 11.6 Å². The minimum absolute atomic E-state index is 0.0126. The summed E-state index contributed by atoms with van der Waals surface area (Å²) in [5, 5.41) is 76.1. The zero-order valence-electron chi connectivity index (χ0n) is 40.2. The van der Waals surface area contributed by atoms with Crippen LogP contribution < -0.4 is 0 Å². The van der Waals surface area contributed by atoms with Crippen LogP contribution in [0.1, 0.15) is 119 Å². The highest BCUT2D eigenvalue weighted by Gasteiger charge is 2.68. The predicted octanol–water partition coefficient (Wildman–Crippen LogP) is 1.64. The third-order valence-corrected chi connectivity index (χ3v) is 18.3. The summed E-state index contributed by atoms with van der Waals surface area (Å²) in [6, 6.07) is 0. The van der Waals surface area contributed by atoms with E-state index in [0.29, 0.717) is 18.4 Å². The number of carbonyl (C=O) groups is 2. The molecule has 19 nitrogen and oxygen atoms in total. The molecule has 0 spiro atoms. The maximum absolute atomic E-state index is 12.6. The number of ether oxygens (including phenoxy) is 10. The Kier molecular flexibility index (Phi) is 14.9. The molecule has 4 saturated carbocycles. The first-order chi connectivity index (χ1) is 32.2. The number of hydrogen-bond donors (Lipinski definition) is 7. The van der Waals surface area contributed by atoms with Gasteiger partial charge in [0.05, 0.1) is 48.8 Å². The maximum atomic E-state index is 12.6. The smallest absolute Gasteiger partial charge is 0.331 e. The average molecular weight is 969 g/mol. The molecule has 0 aromatic rings. The van der Waals surface area contributed by atoms with Crippen molar-refractivity contribution < 1.29 is 92.7 Å². The first-order valence-corrected chi connectivity index (χ1v) is 25.2. The first-order valence-electron chi connectivity index (χ1n) is 25.2. The minimum Gasteiger partial charge on any atom is -0.459 e. The molecular weight excluding hydrogens is 893 g/mol. The van der Waals surface area contributed by atoms with Crippen LogP contribution in [-0.4, -0.2) is 177 Å². The second-order valence-corrected chi connectivity index (χ2v) is 22.1. The van der Waals surface area contributed by atoms with Gasteiger partial charge in [-0.3, -0.25) is 4.79 Å². The highest BCUT2D eigenvalue weighted by molar-refractivity contribution is 5.85. The largest absolute Gasteiger partial charge is 0.459 e. The Morgan fingerprint density at radius 2 is 1.34 bits per heavy atom. The molecule has 5 aliphatic heterocycles. The quantitative estimate of drug-likeness (QED) is 0.115. The lowest BCUT2D eigenvalue weighted by Gasteiger charge is -2.64. The average Bonchev–Trinajstić information content (AvgIpc) is 3.83. The van der Waals surface area contributed by atoms with Crippen LogP contribution in [0.5, 0.6) is 0 Å². The first kappa shape index (κ1) is 51.0. The SMILES string of the molecule is CC(=O)O[C@H]1C[C@H](O[C@@H]2[C@@H](O)C[C@H](O[C@@H]3[C@@H](O)C[C@H](O[C@H]4CC[C@@]5(C)[C@@H](CC[C@H]6[C@H]5CC[C@]5(C)[C@@H](C7=CC(=O)OC7)CC[C@]65O)C4)O[C@@H]3C)O[C@@H]2C)O[C@H](C)[C@H]1O[C@H]1O[C@@H](CO)[C@H](O)[C@@H](O)[C@@H]1O. The van der Waals surface area contributed by atoms with Gasteiger partial charge in [-0.2, -0.15) is 0 Å². The molecule has 25 atom stereocenters.